The van der Waals surface area contributed by atoms with Crippen LogP contribution in [-0.2, 0) is 0 Å². The molecule has 0 aliphatic rings. The largest absolute Gasteiger partial charge is 0.469 e. The number of benzene rings is 1. The van der Waals surface area contributed by atoms with Crippen molar-refractivity contribution in [2.24, 2.45) is 0 Å². The zero-order valence-electron chi connectivity index (χ0n) is 11.1. The van der Waals surface area contributed by atoms with Crippen LogP contribution in [0.3, 0.4) is 0 Å². The Labute approximate surface area is 115 Å². The van der Waals surface area contributed by atoms with E-state index >= 15 is 0 Å². The predicted octanol–water partition coefficient (Wildman–Crippen LogP) is 3.70. The first-order chi connectivity index (χ1) is 9.50. The molecule has 0 aliphatic heterocycles. The number of nitro benzene ring substituents is 1. The summed E-state index contributed by atoms with van der Waals surface area (Å²) in [6.07, 6.45) is 4.29. The van der Waals surface area contributed by atoms with Crippen LogP contribution in [0.4, 0.5) is 5.69 Å². The maximum Gasteiger partial charge on any atom is 0.276 e. The zero-order valence-corrected chi connectivity index (χ0v) is 11.1. The topological polar surface area (TPSA) is 73.3 Å². The number of rotatable bonds is 4. The second kappa shape index (κ2) is 5.52. The van der Waals surface area contributed by atoms with Crippen LogP contribution >= 0.6 is 0 Å². The average Bonchev–Trinajstić information content (AvgIpc) is 2.76. The second-order valence-corrected chi connectivity index (χ2v) is 4.36. The molecule has 2 aromatic rings. The van der Waals surface area contributed by atoms with Crippen LogP contribution in [0.25, 0.3) is 6.08 Å². The molecule has 0 fully saturated rings. The van der Waals surface area contributed by atoms with E-state index in [0.717, 1.165) is 5.56 Å². The van der Waals surface area contributed by atoms with E-state index in [0.29, 0.717) is 16.9 Å². The lowest BCUT2D eigenvalue weighted by molar-refractivity contribution is -0.385. The summed E-state index contributed by atoms with van der Waals surface area (Å²) in [5.41, 5.74) is 1.61. The Morgan fingerprint density at radius 1 is 1.30 bits per heavy atom. The number of aryl methyl sites for hydroxylation is 2. The minimum absolute atomic E-state index is 0.0304. The lowest BCUT2D eigenvalue weighted by atomic mass is 10.1. The highest BCUT2D eigenvalue weighted by Gasteiger charge is 2.14. The van der Waals surface area contributed by atoms with Crippen LogP contribution in [-0.4, -0.2) is 10.7 Å². The van der Waals surface area contributed by atoms with Gasteiger partial charge in [-0.25, -0.2) is 0 Å². The molecule has 5 heteroatoms. The SMILES string of the molecule is Cc1coc(C)c1C(=O)/C=C/c1ccccc1[N+](=O)[O-]. The highest BCUT2D eigenvalue weighted by molar-refractivity contribution is 6.08. The minimum atomic E-state index is -0.474. The molecule has 20 heavy (non-hydrogen) atoms. The molecule has 0 spiro atoms. The van der Waals surface area contributed by atoms with Crippen LogP contribution in [0.5, 0.6) is 0 Å². The molecule has 1 aromatic heterocycles. The number of para-hydroxylation sites is 1. The molecule has 0 radical (unpaired) electrons. The molecule has 1 heterocycles. The van der Waals surface area contributed by atoms with Gasteiger partial charge < -0.3 is 4.42 Å². The predicted molar refractivity (Wildman–Crippen MR) is 74.6 cm³/mol. The lowest BCUT2D eigenvalue weighted by Crippen LogP contribution is -1.97. The van der Waals surface area contributed by atoms with Gasteiger partial charge in [-0.05, 0) is 37.6 Å². The molecule has 0 unspecified atom stereocenters. The molecule has 2 rings (SSSR count). The smallest absolute Gasteiger partial charge is 0.276 e. The highest BCUT2D eigenvalue weighted by Crippen LogP contribution is 2.21. The number of carbonyl (C=O) groups is 1. The van der Waals surface area contributed by atoms with E-state index in [1.807, 2.05) is 0 Å². The third-order valence-electron chi connectivity index (χ3n) is 2.95. The standard InChI is InChI=1S/C15H13NO4/c1-10-9-20-11(2)15(10)14(17)8-7-12-5-3-4-6-13(12)16(18)19/h3-9H,1-2H3/b8-7+. The maximum atomic E-state index is 12.1. The van der Waals surface area contributed by atoms with Gasteiger partial charge in [0.1, 0.15) is 5.76 Å². The van der Waals surface area contributed by atoms with Gasteiger partial charge in [0.05, 0.1) is 22.3 Å². The Morgan fingerprint density at radius 3 is 2.60 bits per heavy atom. The third-order valence-corrected chi connectivity index (χ3v) is 2.95. The number of nitro groups is 1. The Hall–Kier alpha value is -2.69. The number of allylic oxidation sites excluding steroid dienone is 1. The summed E-state index contributed by atoms with van der Waals surface area (Å²) in [4.78, 5) is 22.5. The molecule has 0 atom stereocenters. The van der Waals surface area contributed by atoms with E-state index in [4.69, 9.17) is 4.42 Å². The van der Waals surface area contributed by atoms with Crippen molar-refractivity contribution < 1.29 is 14.1 Å². The molecule has 1 aromatic carbocycles. The van der Waals surface area contributed by atoms with Crippen LogP contribution in [0.2, 0.25) is 0 Å². The Kier molecular flexibility index (Phi) is 3.79. The van der Waals surface area contributed by atoms with Crippen molar-refractivity contribution in [3.05, 3.63) is 69.2 Å². The molecular weight excluding hydrogens is 258 g/mol. The lowest BCUT2D eigenvalue weighted by Gasteiger charge is -1.97. The molecule has 102 valence electrons. The van der Waals surface area contributed by atoms with Crippen LogP contribution in [0.15, 0.2) is 41.0 Å². The fraction of sp³-hybridized carbons (Fsp3) is 0.133. The summed E-state index contributed by atoms with van der Waals surface area (Å²) < 4.78 is 5.17. The summed E-state index contributed by atoms with van der Waals surface area (Å²) in [6.45, 7) is 3.49. The molecule has 0 saturated heterocycles. The number of furan rings is 1. The number of nitrogens with zero attached hydrogens (tertiary/aromatic N) is 1. The van der Waals surface area contributed by atoms with Crippen molar-refractivity contribution in [2.75, 3.05) is 0 Å². The van der Waals surface area contributed by atoms with Gasteiger partial charge in [0.15, 0.2) is 5.78 Å². The summed E-state index contributed by atoms with van der Waals surface area (Å²) in [5, 5.41) is 10.9. The van der Waals surface area contributed by atoms with Gasteiger partial charge in [-0.15, -0.1) is 0 Å². The molecule has 5 nitrogen and oxygen atoms in total. The van der Waals surface area contributed by atoms with Crippen molar-refractivity contribution in [1.29, 1.82) is 0 Å². The number of hydrogen-bond acceptors (Lipinski definition) is 4. The van der Waals surface area contributed by atoms with E-state index in [9.17, 15) is 14.9 Å². The van der Waals surface area contributed by atoms with Gasteiger partial charge in [0, 0.05) is 6.07 Å². The highest BCUT2D eigenvalue weighted by atomic mass is 16.6. The quantitative estimate of drug-likeness (QED) is 0.368. The van der Waals surface area contributed by atoms with E-state index in [2.05, 4.69) is 0 Å². The first-order valence-electron chi connectivity index (χ1n) is 6.01. The van der Waals surface area contributed by atoms with E-state index in [1.165, 1.54) is 24.5 Å². The number of carbonyl (C=O) groups excluding carboxylic acids is 1. The molecule has 0 aliphatic carbocycles. The molecule has 0 saturated carbocycles. The van der Waals surface area contributed by atoms with Gasteiger partial charge in [0.25, 0.3) is 5.69 Å². The Bertz CT molecular complexity index is 678. The van der Waals surface area contributed by atoms with Gasteiger partial charge in [-0.1, -0.05) is 12.1 Å². The summed E-state index contributed by atoms with van der Waals surface area (Å²) in [7, 11) is 0. The third kappa shape index (κ3) is 2.66. The van der Waals surface area contributed by atoms with Gasteiger partial charge in [-0.2, -0.15) is 0 Å². The summed E-state index contributed by atoms with van der Waals surface area (Å²) in [5.74, 6) is 0.312. The van der Waals surface area contributed by atoms with E-state index < -0.39 is 4.92 Å². The van der Waals surface area contributed by atoms with Crippen molar-refractivity contribution in [3.8, 4) is 0 Å². The van der Waals surface area contributed by atoms with E-state index in [1.54, 1.807) is 32.0 Å². The van der Waals surface area contributed by atoms with Crippen molar-refractivity contribution in [3.63, 3.8) is 0 Å². The van der Waals surface area contributed by atoms with Crippen molar-refractivity contribution in [2.45, 2.75) is 13.8 Å². The maximum absolute atomic E-state index is 12.1. The normalized spacial score (nSPS) is 10.9. The first-order valence-corrected chi connectivity index (χ1v) is 6.01. The molecule has 0 amide bonds. The van der Waals surface area contributed by atoms with Crippen molar-refractivity contribution >= 4 is 17.5 Å². The monoisotopic (exact) mass is 271 g/mol. The number of hydrogen-bond donors (Lipinski definition) is 0. The minimum Gasteiger partial charge on any atom is -0.469 e. The second-order valence-electron chi connectivity index (χ2n) is 4.36. The van der Waals surface area contributed by atoms with Gasteiger partial charge in [-0.3, -0.25) is 14.9 Å². The van der Waals surface area contributed by atoms with Crippen LogP contribution in [0, 0.1) is 24.0 Å². The number of ketones is 1. The summed E-state index contributed by atoms with van der Waals surface area (Å²) >= 11 is 0. The zero-order chi connectivity index (χ0) is 14.7. The average molecular weight is 271 g/mol. The molecule has 0 N–H and O–H groups in total. The summed E-state index contributed by atoms with van der Waals surface area (Å²) in [6, 6.07) is 6.27. The van der Waals surface area contributed by atoms with Gasteiger partial charge >= 0.3 is 0 Å². The Balaban J connectivity index is 2.31. The first kappa shape index (κ1) is 13.7. The van der Waals surface area contributed by atoms with Crippen LogP contribution in [0.1, 0.15) is 27.2 Å². The fourth-order valence-electron chi connectivity index (χ4n) is 1.98. The molecule has 0 bridgehead atoms. The van der Waals surface area contributed by atoms with E-state index in [-0.39, 0.29) is 11.5 Å². The fourth-order valence-corrected chi connectivity index (χ4v) is 1.98. The Morgan fingerprint density at radius 2 is 2.00 bits per heavy atom. The molecular formula is C15H13NO4. The van der Waals surface area contributed by atoms with Gasteiger partial charge in [0.2, 0.25) is 0 Å². The van der Waals surface area contributed by atoms with Crippen molar-refractivity contribution in [1.82, 2.24) is 0 Å². The van der Waals surface area contributed by atoms with Crippen LogP contribution < -0.4 is 0 Å².